The predicted molar refractivity (Wildman–Crippen MR) is 112 cm³/mol. The molecule has 0 saturated carbocycles. The van der Waals surface area contributed by atoms with Gasteiger partial charge in [-0.1, -0.05) is 18.2 Å². The number of hydrogen-bond donors (Lipinski definition) is 1. The molecule has 0 unspecified atom stereocenters. The van der Waals surface area contributed by atoms with Crippen molar-refractivity contribution in [1.29, 1.82) is 0 Å². The molecule has 0 atom stereocenters. The summed E-state index contributed by atoms with van der Waals surface area (Å²) in [5.74, 6) is 0.0874. The summed E-state index contributed by atoms with van der Waals surface area (Å²) in [5.41, 5.74) is 3.45. The number of hydrogen-bond acceptors (Lipinski definition) is 7. The number of anilines is 1. The number of para-hydroxylation sites is 1. The maximum atomic E-state index is 12.3. The van der Waals surface area contributed by atoms with Gasteiger partial charge in [0.25, 0.3) is 0 Å². The highest BCUT2D eigenvalue weighted by atomic mass is 32.1. The van der Waals surface area contributed by atoms with Gasteiger partial charge in [0.2, 0.25) is 5.91 Å². The van der Waals surface area contributed by atoms with E-state index in [-0.39, 0.29) is 18.9 Å². The third-order valence-electron chi connectivity index (χ3n) is 4.49. The lowest BCUT2D eigenvalue weighted by atomic mass is 10.2. The van der Waals surface area contributed by atoms with E-state index in [1.807, 2.05) is 31.2 Å². The minimum atomic E-state index is -0.461. The summed E-state index contributed by atoms with van der Waals surface area (Å²) in [7, 11) is 0. The van der Waals surface area contributed by atoms with E-state index < -0.39 is 5.97 Å². The van der Waals surface area contributed by atoms with E-state index in [2.05, 4.69) is 20.5 Å². The van der Waals surface area contributed by atoms with Crippen LogP contribution >= 0.6 is 11.3 Å². The first-order valence-corrected chi connectivity index (χ1v) is 10.1. The van der Waals surface area contributed by atoms with Crippen LogP contribution in [0.3, 0.4) is 0 Å². The fraction of sp³-hybridized carbons (Fsp3) is 0.190. The minimum absolute atomic E-state index is 0.0357. The van der Waals surface area contributed by atoms with Crippen molar-refractivity contribution in [3.05, 3.63) is 75.6 Å². The van der Waals surface area contributed by atoms with Gasteiger partial charge in [-0.3, -0.25) is 9.20 Å². The smallest absolute Gasteiger partial charge is 0.340 e. The van der Waals surface area contributed by atoms with Crippen LogP contribution in [0.25, 0.3) is 5.65 Å². The Balaban J connectivity index is 1.33. The number of rotatable bonds is 6. The van der Waals surface area contributed by atoms with Crippen molar-refractivity contribution < 1.29 is 14.3 Å². The molecule has 0 bridgehead atoms. The van der Waals surface area contributed by atoms with Crippen molar-refractivity contribution in [3.8, 4) is 0 Å². The number of esters is 1. The molecule has 0 aliphatic rings. The lowest BCUT2D eigenvalue weighted by Gasteiger charge is -2.06. The molecule has 0 radical (unpaired) electrons. The van der Waals surface area contributed by atoms with E-state index in [1.165, 1.54) is 11.3 Å². The number of aryl methyl sites for hydroxylation is 2. The molecular formula is C21H19N5O3S. The van der Waals surface area contributed by atoms with Gasteiger partial charge in [0.1, 0.15) is 17.4 Å². The highest BCUT2D eigenvalue weighted by Gasteiger charge is 2.13. The van der Waals surface area contributed by atoms with Crippen molar-refractivity contribution in [1.82, 2.24) is 19.6 Å². The zero-order valence-corrected chi connectivity index (χ0v) is 17.3. The Hall–Kier alpha value is -3.59. The fourth-order valence-electron chi connectivity index (χ4n) is 2.89. The number of aromatic nitrogens is 4. The Labute approximate surface area is 176 Å². The molecule has 152 valence electrons. The summed E-state index contributed by atoms with van der Waals surface area (Å²) < 4.78 is 7.09. The van der Waals surface area contributed by atoms with Crippen LogP contribution in [-0.4, -0.2) is 31.5 Å². The molecule has 0 saturated heterocycles. The number of nitrogens with zero attached hydrogens (tertiary/aromatic N) is 4. The fourth-order valence-corrected chi connectivity index (χ4v) is 3.67. The van der Waals surface area contributed by atoms with Crippen LogP contribution in [0.1, 0.15) is 32.4 Å². The summed E-state index contributed by atoms with van der Waals surface area (Å²) in [6, 6.07) is 11.0. The van der Waals surface area contributed by atoms with Gasteiger partial charge in [-0.05, 0) is 37.6 Å². The number of amides is 1. The molecule has 9 heteroatoms. The van der Waals surface area contributed by atoms with Crippen molar-refractivity contribution in [2.75, 3.05) is 5.32 Å². The number of fused-ring (bicyclic) bond motifs is 1. The van der Waals surface area contributed by atoms with Crippen LogP contribution in [0.15, 0.2) is 48.0 Å². The molecule has 8 nitrogen and oxygen atoms in total. The Morgan fingerprint density at radius 1 is 1.13 bits per heavy atom. The van der Waals surface area contributed by atoms with Crippen LogP contribution < -0.4 is 5.32 Å². The second-order valence-electron chi connectivity index (χ2n) is 6.74. The summed E-state index contributed by atoms with van der Waals surface area (Å²) >= 11 is 1.36. The molecule has 1 amide bonds. The van der Waals surface area contributed by atoms with Crippen LogP contribution in [0, 0.1) is 13.8 Å². The first-order chi connectivity index (χ1) is 14.5. The van der Waals surface area contributed by atoms with E-state index in [9.17, 15) is 9.59 Å². The molecule has 1 N–H and O–H groups in total. The van der Waals surface area contributed by atoms with Gasteiger partial charge in [-0.25, -0.2) is 9.78 Å². The Morgan fingerprint density at radius 3 is 2.80 bits per heavy atom. The van der Waals surface area contributed by atoms with E-state index >= 15 is 0 Å². The summed E-state index contributed by atoms with van der Waals surface area (Å²) in [6.45, 7) is 3.78. The molecule has 0 aliphatic heterocycles. The van der Waals surface area contributed by atoms with Gasteiger partial charge in [0, 0.05) is 17.3 Å². The van der Waals surface area contributed by atoms with Crippen LogP contribution in [0.2, 0.25) is 0 Å². The largest absolute Gasteiger partial charge is 0.456 e. The summed E-state index contributed by atoms with van der Waals surface area (Å²) in [4.78, 5) is 29.0. The molecule has 4 rings (SSSR count). The number of ether oxygens (including phenoxy) is 1. The SMILES string of the molecule is Cc1ccccc1NC(=O)Cc1nc(COC(=O)c2ccc3nnc(C)n3c2)cs1. The van der Waals surface area contributed by atoms with Gasteiger partial charge in [-0.15, -0.1) is 21.5 Å². The lowest BCUT2D eigenvalue weighted by Crippen LogP contribution is -2.15. The predicted octanol–water partition coefficient (Wildman–Crippen LogP) is 3.34. The standard InChI is InChI=1S/C21H19N5O3S/c1-13-5-3-4-6-17(13)23-19(27)9-20-22-16(12-30-20)11-29-21(28)15-7-8-18-25-24-14(2)26(18)10-15/h3-8,10,12H,9,11H2,1-2H3,(H,23,27). The third-order valence-corrected chi connectivity index (χ3v) is 5.39. The van der Waals surface area contributed by atoms with Crippen LogP contribution in [0.5, 0.6) is 0 Å². The summed E-state index contributed by atoms with van der Waals surface area (Å²) in [6.07, 6.45) is 1.81. The Kier molecular flexibility index (Phi) is 5.53. The monoisotopic (exact) mass is 421 g/mol. The highest BCUT2D eigenvalue weighted by Crippen LogP contribution is 2.16. The van der Waals surface area contributed by atoms with E-state index in [4.69, 9.17) is 4.74 Å². The van der Waals surface area contributed by atoms with Gasteiger partial charge < -0.3 is 10.1 Å². The van der Waals surface area contributed by atoms with Crippen LogP contribution in [-0.2, 0) is 22.6 Å². The Bertz CT molecular complexity index is 1230. The molecule has 0 aliphatic carbocycles. The average molecular weight is 421 g/mol. The zero-order chi connectivity index (χ0) is 21.1. The van der Waals surface area contributed by atoms with Crippen LogP contribution in [0.4, 0.5) is 5.69 Å². The topological polar surface area (TPSA) is 98.5 Å². The molecule has 30 heavy (non-hydrogen) atoms. The maximum Gasteiger partial charge on any atom is 0.340 e. The number of benzene rings is 1. The van der Waals surface area contributed by atoms with Crippen molar-refractivity contribution >= 4 is 34.5 Å². The number of nitrogens with one attached hydrogen (secondary N) is 1. The molecule has 0 fully saturated rings. The first-order valence-electron chi connectivity index (χ1n) is 9.27. The average Bonchev–Trinajstić information content (AvgIpc) is 3.34. The zero-order valence-electron chi connectivity index (χ0n) is 16.5. The normalized spacial score (nSPS) is 10.9. The third kappa shape index (κ3) is 4.36. The van der Waals surface area contributed by atoms with E-state index in [1.54, 1.807) is 35.0 Å². The number of carbonyl (C=O) groups is 2. The molecule has 3 aromatic heterocycles. The Morgan fingerprint density at radius 2 is 1.97 bits per heavy atom. The molecular weight excluding hydrogens is 402 g/mol. The van der Waals surface area contributed by atoms with Gasteiger partial charge in [0.05, 0.1) is 17.7 Å². The molecule has 0 spiro atoms. The molecule has 3 heterocycles. The first kappa shape index (κ1) is 19.7. The van der Waals surface area contributed by atoms with E-state index in [0.29, 0.717) is 27.7 Å². The molecule has 4 aromatic rings. The summed E-state index contributed by atoms with van der Waals surface area (Å²) in [5, 5.41) is 13.3. The quantitative estimate of drug-likeness (QED) is 0.480. The van der Waals surface area contributed by atoms with Gasteiger partial charge in [-0.2, -0.15) is 0 Å². The van der Waals surface area contributed by atoms with Crippen molar-refractivity contribution in [2.45, 2.75) is 26.9 Å². The number of pyridine rings is 1. The maximum absolute atomic E-state index is 12.3. The van der Waals surface area contributed by atoms with Gasteiger partial charge in [0.15, 0.2) is 5.65 Å². The minimum Gasteiger partial charge on any atom is -0.456 e. The van der Waals surface area contributed by atoms with E-state index in [0.717, 1.165) is 11.3 Å². The lowest BCUT2D eigenvalue weighted by molar-refractivity contribution is -0.115. The highest BCUT2D eigenvalue weighted by molar-refractivity contribution is 7.09. The number of carbonyl (C=O) groups excluding carboxylic acids is 2. The number of thiazole rings is 1. The van der Waals surface area contributed by atoms with Crippen molar-refractivity contribution in [2.24, 2.45) is 0 Å². The van der Waals surface area contributed by atoms with Gasteiger partial charge >= 0.3 is 5.97 Å². The molecule has 1 aromatic carbocycles. The van der Waals surface area contributed by atoms with Crippen molar-refractivity contribution in [3.63, 3.8) is 0 Å². The second-order valence-corrected chi connectivity index (χ2v) is 7.68. The second kappa shape index (κ2) is 8.42.